The fourth-order valence-electron chi connectivity index (χ4n) is 4.38. The minimum Gasteiger partial charge on any atom is -0.306 e. The van der Waals surface area contributed by atoms with Gasteiger partial charge in [0.25, 0.3) is 17.7 Å². The molecule has 0 unspecified atom stereocenters. The Morgan fingerprint density at radius 1 is 0.758 bits per heavy atom. The molecule has 1 heterocycles. The van der Waals surface area contributed by atoms with Gasteiger partial charge in [0.2, 0.25) is 0 Å². The number of carbonyl (C=O) groups excluding carboxylic acids is 3. The van der Waals surface area contributed by atoms with Crippen LogP contribution in [-0.4, -0.2) is 35.7 Å². The maximum Gasteiger partial charge on any atom is 0.261 e. The van der Waals surface area contributed by atoms with Gasteiger partial charge in [-0.2, -0.15) is 0 Å². The molecule has 1 aliphatic rings. The van der Waals surface area contributed by atoms with E-state index in [0.29, 0.717) is 16.7 Å². The van der Waals surface area contributed by atoms with Crippen LogP contribution in [0.25, 0.3) is 10.8 Å². The standard InChI is InChI=1S/C28H22N2O3/c1-19-9-2-4-12-21(19)26(31)29(25-16-8-11-20-10-3-5-13-22(20)25)17-18-30-27(32)23-14-6-7-15-24(23)28(30)33/h2-16H,17-18H2,1H3. The van der Waals surface area contributed by atoms with Gasteiger partial charge in [0.15, 0.2) is 0 Å². The van der Waals surface area contributed by atoms with Crippen molar-refractivity contribution < 1.29 is 14.4 Å². The van der Waals surface area contributed by atoms with Crippen LogP contribution in [0, 0.1) is 6.92 Å². The molecule has 0 fully saturated rings. The van der Waals surface area contributed by atoms with Gasteiger partial charge in [0.1, 0.15) is 0 Å². The largest absolute Gasteiger partial charge is 0.306 e. The summed E-state index contributed by atoms with van der Waals surface area (Å²) in [4.78, 5) is 42.4. The number of rotatable bonds is 5. The molecule has 0 saturated carbocycles. The highest BCUT2D eigenvalue weighted by atomic mass is 16.2. The third-order valence-corrected chi connectivity index (χ3v) is 6.10. The van der Waals surface area contributed by atoms with Gasteiger partial charge in [-0.15, -0.1) is 0 Å². The van der Waals surface area contributed by atoms with Crippen molar-refractivity contribution in [1.82, 2.24) is 4.90 Å². The van der Waals surface area contributed by atoms with E-state index >= 15 is 0 Å². The molecular formula is C28H22N2O3. The van der Waals surface area contributed by atoms with E-state index in [4.69, 9.17) is 0 Å². The van der Waals surface area contributed by atoms with E-state index in [9.17, 15) is 14.4 Å². The third kappa shape index (κ3) is 3.57. The van der Waals surface area contributed by atoms with Crippen LogP contribution in [0.15, 0.2) is 91.0 Å². The van der Waals surface area contributed by atoms with Crippen molar-refractivity contribution >= 4 is 34.2 Å². The van der Waals surface area contributed by atoms with Crippen LogP contribution in [-0.2, 0) is 0 Å². The number of benzene rings is 4. The molecule has 4 aromatic rings. The molecule has 5 nitrogen and oxygen atoms in total. The number of carbonyl (C=O) groups is 3. The van der Waals surface area contributed by atoms with Gasteiger partial charge in [-0.1, -0.05) is 66.7 Å². The number of imide groups is 1. The summed E-state index contributed by atoms with van der Waals surface area (Å²) in [6.07, 6.45) is 0. The predicted octanol–water partition coefficient (Wildman–Crippen LogP) is 5.09. The molecule has 0 aliphatic carbocycles. The van der Waals surface area contributed by atoms with Crippen LogP contribution >= 0.6 is 0 Å². The summed E-state index contributed by atoms with van der Waals surface area (Å²) in [5.74, 6) is -0.810. The van der Waals surface area contributed by atoms with E-state index in [1.165, 1.54) is 4.90 Å². The fraction of sp³-hybridized carbons (Fsp3) is 0.107. The molecule has 0 saturated heterocycles. The number of hydrogen-bond acceptors (Lipinski definition) is 3. The van der Waals surface area contributed by atoms with Crippen LogP contribution in [0.1, 0.15) is 36.6 Å². The Labute approximate surface area is 191 Å². The Bertz CT molecular complexity index is 1370. The summed E-state index contributed by atoms with van der Waals surface area (Å²) < 4.78 is 0. The molecule has 0 N–H and O–H groups in total. The Balaban J connectivity index is 1.53. The highest BCUT2D eigenvalue weighted by molar-refractivity contribution is 6.21. The van der Waals surface area contributed by atoms with Crippen molar-refractivity contribution in [1.29, 1.82) is 0 Å². The van der Waals surface area contributed by atoms with Crippen molar-refractivity contribution in [2.24, 2.45) is 0 Å². The highest BCUT2D eigenvalue weighted by Gasteiger charge is 2.35. The van der Waals surface area contributed by atoms with E-state index in [2.05, 4.69) is 0 Å². The second-order valence-electron chi connectivity index (χ2n) is 8.08. The molecule has 5 rings (SSSR count). The SMILES string of the molecule is Cc1ccccc1C(=O)N(CCN1C(=O)c2ccccc2C1=O)c1cccc2ccccc12. The van der Waals surface area contributed by atoms with Gasteiger partial charge in [0, 0.05) is 24.0 Å². The van der Waals surface area contributed by atoms with E-state index in [-0.39, 0.29) is 30.8 Å². The van der Waals surface area contributed by atoms with Gasteiger partial charge >= 0.3 is 0 Å². The maximum atomic E-state index is 13.7. The summed E-state index contributed by atoms with van der Waals surface area (Å²) in [6.45, 7) is 2.19. The van der Waals surface area contributed by atoms with Gasteiger partial charge in [-0.3, -0.25) is 19.3 Å². The van der Waals surface area contributed by atoms with Crippen LogP contribution in [0.3, 0.4) is 0 Å². The Morgan fingerprint density at radius 3 is 2.09 bits per heavy atom. The van der Waals surface area contributed by atoms with Crippen molar-refractivity contribution in [2.75, 3.05) is 18.0 Å². The Morgan fingerprint density at radius 2 is 1.36 bits per heavy atom. The molecule has 0 radical (unpaired) electrons. The lowest BCUT2D eigenvalue weighted by molar-refractivity contribution is 0.0654. The molecule has 1 aliphatic heterocycles. The number of anilines is 1. The zero-order valence-corrected chi connectivity index (χ0v) is 18.2. The summed E-state index contributed by atoms with van der Waals surface area (Å²) in [7, 11) is 0. The fourth-order valence-corrected chi connectivity index (χ4v) is 4.38. The topological polar surface area (TPSA) is 57.7 Å². The van der Waals surface area contributed by atoms with E-state index in [0.717, 1.165) is 22.0 Å². The van der Waals surface area contributed by atoms with Gasteiger partial charge in [-0.05, 0) is 42.1 Å². The van der Waals surface area contributed by atoms with Crippen LogP contribution in [0.5, 0.6) is 0 Å². The number of nitrogens with zero attached hydrogens (tertiary/aromatic N) is 2. The highest BCUT2D eigenvalue weighted by Crippen LogP contribution is 2.29. The first kappa shape index (κ1) is 20.6. The van der Waals surface area contributed by atoms with Crippen LogP contribution in [0.4, 0.5) is 5.69 Å². The Hall–Kier alpha value is -4.25. The molecular weight excluding hydrogens is 412 g/mol. The average Bonchev–Trinajstić information content (AvgIpc) is 3.09. The first-order valence-electron chi connectivity index (χ1n) is 10.9. The minimum atomic E-state index is -0.322. The molecule has 3 amide bonds. The summed E-state index contributed by atoms with van der Waals surface area (Å²) >= 11 is 0. The molecule has 5 heteroatoms. The molecule has 0 bridgehead atoms. The van der Waals surface area contributed by atoms with E-state index in [1.54, 1.807) is 35.2 Å². The van der Waals surface area contributed by atoms with Crippen molar-refractivity contribution in [3.8, 4) is 0 Å². The zero-order valence-electron chi connectivity index (χ0n) is 18.2. The zero-order chi connectivity index (χ0) is 22.9. The summed E-state index contributed by atoms with van der Waals surface area (Å²) in [5, 5.41) is 1.95. The molecule has 162 valence electrons. The smallest absolute Gasteiger partial charge is 0.261 e. The first-order valence-corrected chi connectivity index (χ1v) is 10.9. The predicted molar refractivity (Wildman–Crippen MR) is 129 cm³/mol. The average molecular weight is 434 g/mol. The number of amides is 3. The van der Waals surface area contributed by atoms with Gasteiger partial charge in [0.05, 0.1) is 16.8 Å². The third-order valence-electron chi connectivity index (χ3n) is 6.10. The quantitative estimate of drug-likeness (QED) is 0.411. The molecule has 0 atom stereocenters. The van der Waals surface area contributed by atoms with Crippen LogP contribution in [0.2, 0.25) is 0 Å². The molecule has 4 aromatic carbocycles. The maximum absolute atomic E-state index is 13.7. The van der Waals surface area contributed by atoms with Crippen molar-refractivity contribution in [3.05, 3.63) is 113 Å². The van der Waals surface area contributed by atoms with Crippen molar-refractivity contribution in [2.45, 2.75) is 6.92 Å². The lowest BCUT2D eigenvalue weighted by Crippen LogP contribution is -2.41. The second-order valence-corrected chi connectivity index (χ2v) is 8.08. The molecule has 0 aromatic heterocycles. The molecule has 33 heavy (non-hydrogen) atoms. The lowest BCUT2D eigenvalue weighted by atomic mass is 10.0. The number of hydrogen-bond donors (Lipinski definition) is 0. The monoisotopic (exact) mass is 434 g/mol. The van der Waals surface area contributed by atoms with E-state index < -0.39 is 0 Å². The summed E-state index contributed by atoms with van der Waals surface area (Å²) in [6, 6.07) is 27.9. The molecule has 0 spiro atoms. The number of aryl methyl sites for hydroxylation is 1. The van der Waals surface area contributed by atoms with Crippen LogP contribution < -0.4 is 4.90 Å². The van der Waals surface area contributed by atoms with Gasteiger partial charge < -0.3 is 4.90 Å². The summed E-state index contributed by atoms with van der Waals surface area (Å²) in [5.41, 5.74) is 3.02. The lowest BCUT2D eigenvalue weighted by Gasteiger charge is -2.27. The first-order chi connectivity index (χ1) is 16.1. The normalized spacial score (nSPS) is 12.8. The second kappa shape index (κ2) is 8.36. The number of fused-ring (bicyclic) bond motifs is 2. The van der Waals surface area contributed by atoms with E-state index in [1.807, 2.05) is 67.6 Å². The minimum absolute atomic E-state index is 0.104. The van der Waals surface area contributed by atoms with Gasteiger partial charge in [-0.25, -0.2) is 0 Å². The Kier molecular flexibility index (Phi) is 5.23. The van der Waals surface area contributed by atoms with Crippen molar-refractivity contribution in [3.63, 3.8) is 0 Å².